The highest BCUT2D eigenvalue weighted by Gasteiger charge is 2.24. The summed E-state index contributed by atoms with van der Waals surface area (Å²) in [6, 6.07) is 3.49. The van der Waals surface area contributed by atoms with Crippen LogP contribution in [-0.2, 0) is 4.79 Å². The zero-order valence-corrected chi connectivity index (χ0v) is 10.7. The van der Waals surface area contributed by atoms with Crippen molar-refractivity contribution in [3.63, 3.8) is 0 Å². The summed E-state index contributed by atoms with van der Waals surface area (Å²) in [7, 11) is 0. The molecule has 0 fully saturated rings. The number of aromatic nitrogens is 2. The molecule has 1 N–H and O–H groups in total. The van der Waals surface area contributed by atoms with Crippen molar-refractivity contribution < 1.29 is 9.90 Å². The lowest BCUT2D eigenvalue weighted by atomic mass is 10.1. The smallest absolute Gasteiger partial charge is 0.317 e. The summed E-state index contributed by atoms with van der Waals surface area (Å²) < 4.78 is 0. The largest absolute Gasteiger partial charge is 0.480 e. The summed E-state index contributed by atoms with van der Waals surface area (Å²) in [4.78, 5) is 19.2. The molecule has 1 heterocycles. The van der Waals surface area contributed by atoms with Crippen LogP contribution in [0, 0.1) is 24.2 Å². The van der Waals surface area contributed by atoms with Crippen molar-refractivity contribution in [2.24, 2.45) is 5.92 Å². The molecule has 1 aromatic heterocycles. The number of nitrogens with zero attached hydrogens (tertiary/aromatic N) is 3. The number of aryl methyl sites for hydroxylation is 1. The summed E-state index contributed by atoms with van der Waals surface area (Å²) in [5.74, 6) is -0.930. The van der Waals surface area contributed by atoms with Crippen LogP contribution in [0.25, 0.3) is 0 Å². The van der Waals surface area contributed by atoms with Crippen molar-refractivity contribution in [3.8, 4) is 6.07 Å². The van der Waals surface area contributed by atoms with Gasteiger partial charge in [0.05, 0.1) is 0 Å². The number of hydrogen-bond donors (Lipinski definition) is 1. The number of thioether (sulfide) groups is 1. The Hall–Kier alpha value is -1.61. The van der Waals surface area contributed by atoms with Gasteiger partial charge >= 0.3 is 5.97 Å². The van der Waals surface area contributed by atoms with Crippen LogP contribution >= 0.6 is 11.8 Å². The molecule has 17 heavy (non-hydrogen) atoms. The van der Waals surface area contributed by atoms with E-state index in [1.807, 2.05) is 19.9 Å². The highest BCUT2D eigenvalue weighted by Crippen LogP contribution is 2.25. The normalized spacial score (nSPS) is 12.2. The first-order valence-corrected chi connectivity index (χ1v) is 5.97. The zero-order chi connectivity index (χ0) is 13.0. The number of nitriles is 1. The molecule has 1 rings (SSSR count). The fraction of sp³-hybridized carbons (Fsp3) is 0.455. The van der Waals surface area contributed by atoms with Gasteiger partial charge in [0.1, 0.15) is 17.0 Å². The van der Waals surface area contributed by atoms with Crippen molar-refractivity contribution in [3.05, 3.63) is 17.5 Å². The van der Waals surface area contributed by atoms with Crippen LogP contribution in [-0.4, -0.2) is 26.3 Å². The standard InChI is InChI=1S/C11H13N3O2S/c1-6(2)9(10(15)16)17-11-13-7(3)4-8(5-12)14-11/h4,6,9H,1-3H3,(H,15,16). The van der Waals surface area contributed by atoms with Gasteiger partial charge < -0.3 is 5.11 Å². The Morgan fingerprint density at radius 2 is 2.18 bits per heavy atom. The van der Waals surface area contributed by atoms with E-state index in [2.05, 4.69) is 9.97 Å². The fourth-order valence-electron chi connectivity index (χ4n) is 1.24. The minimum Gasteiger partial charge on any atom is -0.480 e. The van der Waals surface area contributed by atoms with Gasteiger partial charge in [-0.1, -0.05) is 25.6 Å². The van der Waals surface area contributed by atoms with E-state index >= 15 is 0 Å². The predicted molar refractivity (Wildman–Crippen MR) is 63.6 cm³/mol. The molecular weight excluding hydrogens is 238 g/mol. The number of aliphatic carboxylic acids is 1. The lowest BCUT2D eigenvalue weighted by Gasteiger charge is -2.14. The Kier molecular flexibility index (Phi) is 4.46. The number of carboxylic acids is 1. The average molecular weight is 251 g/mol. The van der Waals surface area contributed by atoms with Gasteiger partial charge in [0.2, 0.25) is 0 Å². The van der Waals surface area contributed by atoms with Crippen LogP contribution < -0.4 is 0 Å². The van der Waals surface area contributed by atoms with Gasteiger partial charge in [-0.05, 0) is 18.9 Å². The molecule has 1 unspecified atom stereocenters. The van der Waals surface area contributed by atoms with E-state index in [-0.39, 0.29) is 11.6 Å². The average Bonchev–Trinajstić information content (AvgIpc) is 2.24. The van der Waals surface area contributed by atoms with Gasteiger partial charge in [-0.3, -0.25) is 4.79 Å². The molecule has 1 atom stereocenters. The Balaban J connectivity index is 2.98. The molecule has 0 aliphatic rings. The second kappa shape index (κ2) is 5.64. The quantitative estimate of drug-likeness (QED) is 0.649. The number of carboxylic acid groups (broad SMARTS) is 1. The first-order valence-electron chi connectivity index (χ1n) is 5.09. The molecule has 0 aliphatic heterocycles. The summed E-state index contributed by atoms with van der Waals surface area (Å²) in [5.41, 5.74) is 0.917. The Morgan fingerprint density at radius 3 is 2.65 bits per heavy atom. The maximum absolute atomic E-state index is 11.0. The molecular formula is C11H13N3O2S. The van der Waals surface area contributed by atoms with Gasteiger partial charge in [-0.2, -0.15) is 5.26 Å². The van der Waals surface area contributed by atoms with E-state index in [4.69, 9.17) is 10.4 Å². The van der Waals surface area contributed by atoms with Crippen LogP contribution in [0.2, 0.25) is 0 Å². The summed E-state index contributed by atoms with van der Waals surface area (Å²) in [6.45, 7) is 5.40. The van der Waals surface area contributed by atoms with Crippen LogP contribution in [0.5, 0.6) is 0 Å². The first kappa shape index (κ1) is 13.5. The van der Waals surface area contributed by atoms with E-state index < -0.39 is 11.2 Å². The van der Waals surface area contributed by atoms with Crippen molar-refractivity contribution in [1.29, 1.82) is 5.26 Å². The molecule has 0 spiro atoms. The predicted octanol–water partition coefficient (Wildman–Crippen LogP) is 1.86. The lowest BCUT2D eigenvalue weighted by Crippen LogP contribution is -2.22. The SMILES string of the molecule is Cc1cc(C#N)nc(SC(C(=O)O)C(C)C)n1. The third kappa shape index (κ3) is 3.71. The molecule has 0 radical (unpaired) electrons. The van der Waals surface area contributed by atoms with Crippen molar-refractivity contribution in [2.45, 2.75) is 31.2 Å². The minimum atomic E-state index is -0.895. The fourth-order valence-corrected chi connectivity index (χ4v) is 2.18. The molecule has 5 nitrogen and oxygen atoms in total. The number of carbonyl (C=O) groups is 1. The highest BCUT2D eigenvalue weighted by molar-refractivity contribution is 8.00. The van der Waals surface area contributed by atoms with Gasteiger partial charge in [0.25, 0.3) is 0 Å². The molecule has 90 valence electrons. The van der Waals surface area contributed by atoms with E-state index in [9.17, 15) is 4.79 Å². The van der Waals surface area contributed by atoms with Crippen molar-refractivity contribution >= 4 is 17.7 Å². The van der Waals surface area contributed by atoms with Crippen molar-refractivity contribution in [2.75, 3.05) is 0 Å². The van der Waals surface area contributed by atoms with Gasteiger partial charge in [0.15, 0.2) is 5.16 Å². The highest BCUT2D eigenvalue weighted by atomic mass is 32.2. The maximum Gasteiger partial charge on any atom is 0.317 e. The van der Waals surface area contributed by atoms with E-state index in [0.29, 0.717) is 10.9 Å². The Labute approximate surface area is 104 Å². The van der Waals surface area contributed by atoms with Gasteiger partial charge in [-0.15, -0.1) is 0 Å². The molecule has 0 amide bonds. The second-order valence-electron chi connectivity index (χ2n) is 3.91. The zero-order valence-electron chi connectivity index (χ0n) is 9.84. The van der Waals surface area contributed by atoms with E-state index in [1.165, 1.54) is 0 Å². The van der Waals surface area contributed by atoms with Gasteiger partial charge in [0, 0.05) is 5.69 Å². The van der Waals surface area contributed by atoms with Crippen LogP contribution in [0.1, 0.15) is 25.2 Å². The molecule has 0 saturated heterocycles. The minimum absolute atomic E-state index is 0.0350. The lowest BCUT2D eigenvalue weighted by molar-refractivity contribution is -0.137. The maximum atomic E-state index is 11.0. The second-order valence-corrected chi connectivity index (χ2v) is 5.02. The molecule has 0 aromatic carbocycles. The van der Waals surface area contributed by atoms with E-state index in [1.54, 1.807) is 13.0 Å². The molecule has 0 aliphatic carbocycles. The summed E-state index contributed by atoms with van der Waals surface area (Å²) in [6.07, 6.45) is 0. The first-order chi connectivity index (χ1) is 7.93. The van der Waals surface area contributed by atoms with Crippen LogP contribution in [0.3, 0.4) is 0 Å². The monoisotopic (exact) mass is 251 g/mol. The van der Waals surface area contributed by atoms with Gasteiger partial charge in [-0.25, -0.2) is 9.97 Å². The molecule has 1 aromatic rings. The third-order valence-corrected chi connectivity index (χ3v) is 3.42. The number of rotatable bonds is 4. The summed E-state index contributed by atoms with van der Waals surface area (Å²) in [5, 5.41) is 17.6. The molecule has 6 heteroatoms. The summed E-state index contributed by atoms with van der Waals surface area (Å²) >= 11 is 1.08. The number of hydrogen-bond acceptors (Lipinski definition) is 5. The third-order valence-electron chi connectivity index (χ3n) is 2.03. The van der Waals surface area contributed by atoms with Crippen LogP contribution in [0.4, 0.5) is 0 Å². The van der Waals surface area contributed by atoms with E-state index in [0.717, 1.165) is 11.8 Å². The Morgan fingerprint density at radius 1 is 1.53 bits per heavy atom. The Bertz CT molecular complexity index is 468. The molecule has 0 bridgehead atoms. The van der Waals surface area contributed by atoms with Crippen LogP contribution in [0.15, 0.2) is 11.2 Å². The topological polar surface area (TPSA) is 86.9 Å². The molecule has 0 saturated carbocycles. The van der Waals surface area contributed by atoms with Crippen molar-refractivity contribution in [1.82, 2.24) is 9.97 Å².